The summed E-state index contributed by atoms with van der Waals surface area (Å²) in [7, 11) is 2.77. The SMILES string of the molecule is CCS(=O)(=O)O.CC[C@H]1OC(=O)C[C@@H](O)[C@H](C)[C@@H](O[C@H]2O[C@H](C)[C@@H](O[C@H]3C[C@@](C)(O)[C@@H](O)[C@H](C)O3)[C@H](N(C)C)[C@H]2O)[C@@H](CC=O)C[C@@H](C)C(=O)/C=C/C(C)=C/C1CO[C@@H]1O[C@H](C)[C@@H](O)[C@@H](OC)[C@H]1OC. The van der Waals surface area contributed by atoms with Crippen molar-refractivity contribution in [2.45, 2.75) is 198 Å². The molecule has 0 aromatic rings. The normalized spacial score (nSPS) is 43.0. The second-order valence-electron chi connectivity index (χ2n) is 19.6. The quantitative estimate of drug-likeness (QED) is 0.0820. The van der Waals surface area contributed by atoms with Crippen LogP contribution in [0.4, 0.5) is 0 Å². The van der Waals surface area contributed by atoms with Crippen LogP contribution in [0.1, 0.15) is 94.4 Å². The van der Waals surface area contributed by atoms with Crippen molar-refractivity contribution < 1.29 is 95.5 Å². The lowest BCUT2D eigenvalue weighted by Gasteiger charge is -2.50. The van der Waals surface area contributed by atoms with Crippen LogP contribution in [0.15, 0.2) is 23.8 Å². The van der Waals surface area contributed by atoms with Gasteiger partial charge in [-0.1, -0.05) is 38.5 Å². The Labute approximate surface area is 413 Å². The third-order valence-electron chi connectivity index (χ3n) is 13.8. The number of hydrogen-bond acceptors (Lipinski definition) is 20. The number of ether oxygens (including phenoxy) is 9. The number of cyclic esters (lactones) is 1. The Morgan fingerprint density at radius 1 is 0.857 bits per heavy atom. The van der Waals surface area contributed by atoms with E-state index in [-0.39, 0.29) is 37.4 Å². The van der Waals surface area contributed by atoms with Gasteiger partial charge in [0.15, 0.2) is 24.7 Å². The van der Waals surface area contributed by atoms with E-state index in [1.807, 2.05) is 19.9 Å². The van der Waals surface area contributed by atoms with Crippen LogP contribution in [-0.2, 0) is 67.1 Å². The summed E-state index contributed by atoms with van der Waals surface area (Å²) in [5.41, 5.74) is -0.806. The average Bonchev–Trinajstić information content (AvgIpc) is 3.28. The maximum absolute atomic E-state index is 13.8. The van der Waals surface area contributed by atoms with Crippen LogP contribution in [0.25, 0.3) is 0 Å². The van der Waals surface area contributed by atoms with E-state index < -0.39 is 150 Å². The van der Waals surface area contributed by atoms with E-state index in [1.54, 1.807) is 59.7 Å². The molecule has 406 valence electrons. The minimum absolute atomic E-state index is 0.00788. The van der Waals surface area contributed by atoms with Gasteiger partial charge in [-0.05, 0) is 80.5 Å². The summed E-state index contributed by atoms with van der Waals surface area (Å²) in [5, 5.41) is 55.8. The number of allylic oxidation sites excluding steroid dienone is 3. The number of aldehydes is 1. The summed E-state index contributed by atoms with van der Waals surface area (Å²) < 4.78 is 81.6. The molecule has 6 N–H and O–H groups in total. The van der Waals surface area contributed by atoms with E-state index >= 15 is 0 Å². The topological polar surface area (TPSA) is 293 Å². The molecular formula is C48H83NO20S. The van der Waals surface area contributed by atoms with Gasteiger partial charge in [-0.15, -0.1) is 0 Å². The van der Waals surface area contributed by atoms with Gasteiger partial charge < -0.3 is 77.9 Å². The fourth-order valence-corrected chi connectivity index (χ4v) is 9.51. The fourth-order valence-electron chi connectivity index (χ4n) is 9.51. The lowest BCUT2D eigenvalue weighted by atomic mass is 9.79. The van der Waals surface area contributed by atoms with Crippen molar-refractivity contribution in [3.63, 3.8) is 0 Å². The Hall–Kier alpha value is -2.36. The number of likely N-dealkylation sites (N-methyl/N-ethyl adjacent to an activating group) is 1. The second kappa shape index (κ2) is 27.8. The molecule has 0 saturated carbocycles. The number of aliphatic hydroxyl groups excluding tert-OH is 4. The summed E-state index contributed by atoms with van der Waals surface area (Å²) in [6.45, 7) is 15.0. The molecule has 0 aliphatic carbocycles. The van der Waals surface area contributed by atoms with E-state index in [1.165, 1.54) is 34.1 Å². The predicted molar refractivity (Wildman–Crippen MR) is 252 cm³/mol. The molecule has 0 spiro atoms. The molecular weight excluding hydrogens is 943 g/mol. The number of methoxy groups -OCH3 is 2. The Balaban J connectivity index is 0.00000202. The summed E-state index contributed by atoms with van der Waals surface area (Å²) in [5.74, 6) is -3.79. The number of nitrogens with zero attached hydrogens (tertiary/aromatic N) is 1. The van der Waals surface area contributed by atoms with Gasteiger partial charge in [0.1, 0.15) is 49.0 Å². The minimum Gasteiger partial charge on any atom is -0.462 e. The number of esters is 1. The second-order valence-corrected chi connectivity index (χ2v) is 21.4. The smallest absolute Gasteiger partial charge is 0.308 e. The molecule has 3 saturated heterocycles. The first-order valence-corrected chi connectivity index (χ1v) is 25.8. The van der Waals surface area contributed by atoms with Crippen molar-refractivity contribution in [2.24, 2.45) is 23.7 Å². The molecule has 3 fully saturated rings. The third-order valence-corrected chi connectivity index (χ3v) is 14.5. The summed E-state index contributed by atoms with van der Waals surface area (Å²) in [4.78, 5) is 41.5. The minimum atomic E-state index is -3.66. The highest BCUT2D eigenvalue weighted by atomic mass is 32.2. The zero-order valence-corrected chi connectivity index (χ0v) is 43.9. The molecule has 21 atom stereocenters. The molecule has 21 nitrogen and oxygen atoms in total. The first-order valence-electron chi connectivity index (χ1n) is 24.2. The molecule has 4 heterocycles. The highest BCUT2D eigenvalue weighted by Crippen LogP contribution is 2.37. The van der Waals surface area contributed by atoms with Gasteiger partial charge in [0.2, 0.25) is 0 Å². The van der Waals surface area contributed by atoms with Crippen molar-refractivity contribution in [1.29, 1.82) is 0 Å². The number of hydrogen-bond donors (Lipinski definition) is 6. The van der Waals surface area contributed by atoms with Crippen molar-refractivity contribution in [2.75, 3.05) is 40.7 Å². The number of carbonyl (C=O) groups excluding carboxylic acids is 3. The van der Waals surface area contributed by atoms with Gasteiger partial charge in [-0.3, -0.25) is 14.1 Å². The zero-order valence-electron chi connectivity index (χ0n) is 43.1. The molecule has 0 aromatic heterocycles. The van der Waals surface area contributed by atoms with Crippen LogP contribution in [0.3, 0.4) is 0 Å². The number of rotatable bonds is 14. The monoisotopic (exact) mass is 1030 g/mol. The van der Waals surface area contributed by atoms with Crippen LogP contribution in [0.5, 0.6) is 0 Å². The molecule has 70 heavy (non-hydrogen) atoms. The molecule has 0 aromatic carbocycles. The van der Waals surface area contributed by atoms with Gasteiger partial charge in [0, 0.05) is 44.8 Å². The molecule has 4 aliphatic heterocycles. The maximum Gasteiger partial charge on any atom is 0.308 e. The first kappa shape index (κ1) is 61.9. The lowest BCUT2D eigenvalue weighted by Crippen LogP contribution is -2.65. The third kappa shape index (κ3) is 17.1. The zero-order chi connectivity index (χ0) is 53.0. The van der Waals surface area contributed by atoms with Gasteiger partial charge in [-0.25, -0.2) is 0 Å². The van der Waals surface area contributed by atoms with Crippen LogP contribution in [0.2, 0.25) is 0 Å². The van der Waals surface area contributed by atoms with Crippen LogP contribution in [0, 0.1) is 23.7 Å². The van der Waals surface area contributed by atoms with Crippen molar-refractivity contribution in [1.82, 2.24) is 4.90 Å². The molecule has 0 radical (unpaired) electrons. The summed E-state index contributed by atoms with van der Waals surface area (Å²) in [6.07, 6.45) is -8.49. The van der Waals surface area contributed by atoms with Crippen LogP contribution in [-0.4, -0.2) is 206 Å². The van der Waals surface area contributed by atoms with E-state index in [0.717, 1.165) is 6.29 Å². The van der Waals surface area contributed by atoms with E-state index in [9.17, 15) is 48.3 Å². The number of carbonyl (C=O) groups is 3. The van der Waals surface area contributed by atoms with E-state index in [0.29, 0.717) is 12.0 Å². The fraction of sp³-hybridized carbons (Fsp3) is 0.854. The van der Waals surface area contributed by atoms with Gasteiger partial charge >= 0.3 is 5.97 Å². The first-order chi connectivity index (χ1) is 32.6. The van der Waals surface area contributed by atoms with Gasteiger partial charge in [-0.2, -0.15) is 8.42 Å². The van der Waals surface area contributed by atoms with Crippen molar-refractivity contribution >= 4 is 28.2 Å². The number of ketones is 1. The Morgan fingerprint density at radius 3 is 2.01 bits per heavy atom. The molecule has 0 bridgehead atoms. The predicted octanol–water partition coefficient (Wildman–Crippen LogP) is 1.73. The highest BCUT2D eigenvalue weighted by Gasteiger charge is 2.52. The molecule has 0 amide bonds. The Kier molecular flexibility index (Phi) is 24.6. The Bertz CT molecular complexity index is 1810. The van der Waals surface area contributed by atoms with Crippen molar-refractivity contribution in [3.8, 4) is 0 Å². The molecule has 4 rings (SSSR count). The summed E-state index contributed by atoms with van der Waals surface area (Å²) >= 11 is 0. The van der Waals surface area contributed by atoms with Crippen LogP contribution >= 0.6 is 0 Å². The average molecular weight is 1030 g/mol. The summed E-state index contributed by atoms with van der Waals surface area (Å²) in [6, 6.07) is -0.748. The van der Waals surface area contributed by atoms with Crippen LogP contribution < -0.4 is 0 Å². The van der Waals surface area contributed by atoms with E-state index in [2.05, 4.69) is 0 Å². The molecule has 22 heteroatoms. The highest BCUT2D eigenvalue weighted by molar-refractivity contribution is 7.85. The Morgan fingerprint density at radius 2 is 1.47 bits per heavy atom. The van der Waals surface area contributed by atoms with Gasteiger partial charge in [0.05, 0.1) is 60.9 Å². The number of aliphatic hydroxyl groups is 5. The van der Waals surface area contributed by atoms with Gasteiger partial charge in [0.25, 0.3) is 10.1 Å². The molecule has 1 unspecified atom stereocenters. The van der Waals surface area contributed by atoms with Crippen molar-refractivity contribution in [3.05, 3.63) is 23.8 Å². The molecule has 4 aliphatic rings. The standard InChI is InChI=1S/C46H77NO17.C2H6O3S/c1-13-33-30(22-58-45-42(57-12)41(56-11)37(52)26(5)60-45)18-23(2)14-15-31(49)24(3)19-29(16-17-48)39(25(4)32(50)20-34(51)62-33)64-44-38(53)36(47(9)10)40(27(6)61-44)63-35-21-46(8,55)43(54)28(7)59-35;1-2-6(3,4)5/h14-15,17-18,24-30,32-33,35-45,50,52-55H,13,16,19-22H2,1-12H3;2H2,1H3,(H,3,4,5)/b15-14+,23-18+;/t24-,25+,26-,27-,28+,29+,30?,32-,33-,35+,36-,37-,38-,39-,40-,41-,42-,43+,44-,45-,46-;/m1./s1. The largest absolute Gasteiger partial charge is 0.462 e. The maximum atomic E-state index is 13.8. The lowest BCUT2D eigenvalue weighted by molar-refractivity contribution is -0.341. The van der Waals surface area contributed by atoms with E-state index in [4.69, 9.17) is 47.2 Å².